The number of nitrogens with zero attached hydrogens (tertiary/aromatic N) is 2. The smallest absolute Gasteiger partial charge is 0.283 e. The van der Waals surface area contributed by atoms with Crippen molar-refractivity contribution in [3.05, 3.63) is 61.9 Å². The van der Waals surface area contributed by atoms with Crippen molar-refractivity contribution < 1.29 is 9.72 Å². The van der Waals surface area contributed by atoms with Gasteiger partial charge in [-0.25, -0.2) is 4.98 Å². The van der Waals surface area contributed by atoms with Gasteiger partial charge in [0.2, 0.25) is 0 Å². The maximum Gasteiger partial charge on any atom is 0.283 e. The summed E-state index contributed by atoms with van der Waals surface area (Å²) in [5, 5.41) is 13.8. The fourth-order valence-electron chi connectivity index (χ4n) is 1.71. The Morgan fingerprint density at radius 2 is 2.10 bits per heavy atom. The molecule has 0 bridgehead atoms. The first kappa shape index (κ1) is 15.2. The van der Waals surface area contributed by atoms with Gasteiger partial charge in [-0.1, -0.05) is 29.3 Å². The zero-order valence-corrected chi connectivity index (χ0v) is 12.3. The van der Waals surface area contributed by atoms with Crippen LogP contribution < -0.4 is 5.32 Å². The maximum atomic E-state index is 12.2. The number of halogens is 2. The summed E-state index contributed by atoms with van der Waals surface area (Å²) in [4.78, 5) is 26.4. The molecule has 2 rings (SSSR count). The third kappa shape index (κ3) is 3.29. The van der Waals surface area contributed by atoms with Gasteiger partial charge in [0.1, 0.15) is 10.7 Å². The first-order valence-corrected chi connectivity index (χ1v) is 6.52. The van der Waals surface area contributed by atoms with Crippen LogP contribution in [0.2, 0.25) is 10.2 Å². The van der Waals surface area contributed by atoms with E-state index in [-0.39, 0.29) is 16.3 Å². The molecule has 0 radical (unpaired) electrons. The molecule has 0 fully saturated rings. The van der Waals surface area contributed by atoms with Crippen molar-refractivity contribution in [1.82, 2.24) is 4.98 Å². The van der Waals surface area contributed by atoms with Crippen LogP contribution in [0.5, 0.6) is 0 Å². The Morgan fingerprint density at radius 1 is 1.38 bits per heavy atom. The molecule has 0 unspecified atom stereocenters. The molecule has 1 aromatic carbocycles. The minimum absolute atomic E-state index is 0.000319. The van der Waals surface area contributed by atoms with Gasteiger partial charge in [0.25, 0.3) is 11.6 Å². The number of aryl methyl sites for hydroxylation is 1. The Kier molecular flexibility index (Phi) is 4.40. The molecule has 0 atom stereocenters. The highest BCUT2D eigenvalue weighted by Gasteiger charge is 2.23. The molecule has 2 aromatic rings. The highest BCUT2D eigenvalue weighted by molar-refractivity contribution is 6.35. The summed E-state index contributed by atoms with van der Waals surface area (Å²) < 4.78 is 0. The molecular weight excluding hydrogens is 317 g/mol. The van der Waals surface area contributed by atoms with Crippen LogP contribution in [0.4, 0.5) is 11.4 Å². The summed E-state index contributed by atoms with van der Waals surface area (Å²) in [6.07, 6.45) is 1.36. The fraction of sp³-hybridized carbons (Fsp3) is 0.0769. The number of amides is 1. The third-order valence-corrected chi connectivity index (χ3v) is 3.40. The average molecular weight is 326 g/mol. The Labute approximate surface area is 129 Å². The second-order valence-corrected chi connectivity index (χ2v) is 4.94. The summed E-state index contributed by atoms with van der Waals surface area (Å²) in [7, 11) is 0. The van der Waals surface area contributed by atoms with Crippen molar-refractivity contribution in [3.8, 4) is 0 Å². The predicted molar refractivity (Wildman–Crippen MR) is 80.0 cm³/mol. The van der Waals surface area contributed by atoms with E-state index in [1.54, 1.807) is 13.0 Å². The average Bonchev–Trinajstić information content (AvgIpc) is 2.42. The molecule has 1 aromatic heterocycles. The second kappa shape index (κ2) is 6.07. The lowest BCUT2D eigenvalue weighted by molar-refractivity contribution is -0.385. The van der Waals surface area contributed by atoms with Crippen LogP contribution in [0, 0.1) is 17.0 Å². The number of carbonyl (C=O) groups excluding carboxylic acids is 1. The van der Waals surface area contributed by atoms with E-state index in [1.807, 2.05) is 0 Å². The zero-order valence-electron chi connectivity index (χ0n) is 10.8. The van der Waals surface area contributed by atoms with E-state index in [0.29, 0.717) is 16.4 Å². The minimum Gasteiger partial charge on any atom is -0.320 e. The minimum atomic E-state index is -0.684. The number of nitro groups is 1. The number of anilines is 1. The van der Waals surface area contributed by atoms with Crippen molar-refractivity contribution >= 4 is 40.5 Å². The largest absolute Gasteiger partial charge is 0.320 e. The number of aromatic nitrogens is 1. The van der Waals surface area contributed by atoms with Gasteiger partial charge in [-0.15, -0.1) is 0 Å². The van der Waals surface area contributed by atoms with Gasteiger partial charge in [0, 0.05) is 6.07 Å². The van der Waals surface area contributed by atoms with Gasteiger partial charge < -0.3 is 5.32 Å². The zero-order chi connectivity index (χ0) is 15.6. The number of rotatable bonds is 3. The highest BCUT2D eigenvalue weighted by atomic mass is 35.5. The summed E-state index contributed by atoms with van der Waals surface area (Å²) in [6, 6.07) is 5.64. The molecule has 21 heavy (non-hydrogen) atoms. The summed E-state index contributed by atoms with van der Waals surface area (Å²) in [6.45, 7) is 1.73. The number of hydrogen-bond donors (Lipinski definition) is 1. The van der Waals surface area contributed by atoms with Gasteiger partial charge in [-0.2, -0.15) is 0 Å². The summed E-state index contributed by atoms with van der Waals surface area (Å²) in [5.74, 6) is -0.684. The van der Waals surface area contributed by atoms with Crippen LogP contribution in [-0.4, -0.2) is 15.8 Å². The van der Waals surface area contributed by atoms with Crippen LogP contribution in [0.15, 0.2) is 30.5 Å². The number of pyridine rings is 1. The lowest BCUT2D eigenvalue weighted by Gasteiger charge is -2.08. The Bertz CT molecular complexity index is 735. The molecule has 0 saturated carbocycles. The van der Waals surface area contributed by atoms with Gasteiger partial charge in [-0.05, 0) is 24.6 Å². The van der Waals surface area contributed by atoms with Crippen LogP contribution in [0.1, 0.15) is 15.9 Å². The molecule has 0 aliphatic carbocycles. The molecule has 1 N–H and O–H groups in total. The number of nitrogens with one attached hydrogen (secondary N) is 1. The molecule has 6 nitrogen and oxygen atoms in total. The number of nitro benzene ring substituents is 1. The van der Waals surface area contributed by atoms with Crippen molar-refractivity contribution in [3.63, 3.8) is 0 Å². The summed E-state index contributed by atoms with van der Waals surface area (Å²) in [5.41, 5.74) is 0.481. The van der Waals surface area contributed by atoms with E-state index < -0.39 is 10.8 Å². The van der Waals surface area contributed by atoms with Crippen molar-refractivity contribution in [2.45, 2.75) is 6.92 Å². The van der Waals surface area contributed by atoms with Crippen LogP contribution in [0.25, 0.3) is 0 Å². The summed E-state index contributed by atoms with van der Waals surface area (Å²) >= 11 is 11.7. The van der Waals surface area contributed by atoms with E-state index in [9.17, 15) is 14.9 Å². The van der Waals surface area contributed by atoms with Gasteiger partial charge in [0.05, 0.1) is 21.8 Å². The molecule has 8 heteroatoms. The molecule has 0 aliphatic heterocycles. The fourth-order valence-corrected chi connectivity index (χ4v) is 2.07. The molecule has 0 saturated heterocycles. The first-order valence-electron chi connectivity index (χ1n) is 5.76. The number of hydrogen-bond acceptors (Lipinski definition) is 4. The molecule has 108 valence electrons. The third-order valence-electron chi connectivity index (χ3n) is 2.69. The monoisotopic (exact) mass is 325 g/mol. The van der Waals surface area contributed by atoms with E-state index in [4.69, 9.17) is 23.2 Å². The van der Waals surface area contributed by atoms with Crippen LogP contribution in [-0.2, 0) is 0 Å². The standard InChI is InChI=1S/C13H9Cl2N3O3/c1-7-5-8(6-16-12(7)15)17-13(19)11-9(14)3-2-4-10(11)18(20)21/h2-6H,1H3,(H,17,19). The molecular formula is C13H9Cl2N3O3. The van der Waals surface area contributed by atoms with E-state index in [1.165, 1.54) is 24.4 Å². The van der Waals surface area contributed by atoms with Crippen molar-refractivity contribution in [2.75, 3.05) is 5.32 Å². The van der Waals surface area contributed by atoms with Crippen LogP contribution >= 0.6 is 23.2 Å². The Morgan fingerprint density at radius 3 is 2.71 bits per heavy atom. The van der Waals surface area contributed by atoms with E-state index in [2.05, 4.69) is 10.3 Å². The predicted octanol–water partition coefficient (Wildman–Crippen LogP) is 3.86. The Hall–Kier alpha value is -2.18. The van der Waals surface area contributed by atoms with E-state index >= 15 is 0 Å². The van der Waals surface area contributed by atoms with Gasteiger partial charge in [-0.3, -0.25) is 14.9 Å². The highest BCUT2D eigenvalue weighted by Crippen LogP contribution is 2.27. The molecule has 0 aliphatic rings. The lowest BCUT2D eigenvalue weighted by Crippen LogP contribution is -2.15. The maximum absolute atomic E-state index is 12.2. The van der Waals surface area contributed by atoms with E-state index in [0.717, 1.165) is 0 Å². The van der Waals surface area contributed by atoms with Gasteiger partial charge >= 0.3 is 0 Å². The number of carbonyl (C=O) groups is 1. The number of benzene rings is 1. The van der Waals surface area contributed by atoms with Gasteiger partial charge in [0.15, 0.2) is 0 Å². The molecule has 1 amide bonds. The van der Waals surface area contributed by atoms with Crippen molar-refractivity contribution in [2.24, 2.45) is 0 Å². The normalized spacial score (nSPS) is 10.2. The van der Waals surface area contributed by atoms with Crippen molar-refractivity contribution in [1.29, 1.82) is 0 Å². The molecule has 1 heterocycles. The second-order valence-electron chi connectivity index (χ2n) is 4.18. The first-order chi connectivity index (χ1) is 9.90. The topological polar surface area (TPSA) is 85.1 Å². The quantitative estimate of drug-likeness (QED) is 0.527. The molecule has 0 spiro atoms. The van der Waals surface area contributed by atoms with Crippen LogP contribution in [0.3, 0.4) is 0 Å². The SMILES string of the molecule is Cc1cc(NC(=O)c2c(Cl)cccc2[N+](=O)[O-])cnc1Cl. The Balaban J connectivity index is 2.36. The lowest BCUT2D eigenvalue weighted by atomic mass is 10.1.